The fraction of sp³-hybridized carbons (Fsp3) is 0.192. The number of rotatable bonds is 5. The molecule has 1 aliphatic rings. The third-order valence-electron chi connectivity index (χ3n) is 5.23. The number of ether oxygens (including phenoxy) is 1. The first-order chi connectivity index (χ1) is 15.8. The average molecular weight is 484 g/mol. The van der Waals surface area contributed by atoms with Gasteiger partial charge in [0.1, 0.15) is 5.75 Å². The Morgan fingerprint density at radius 2 is 1.45 bits per heavy atom. The Morgan fingerprint density at radius 3 is 2.00 bits per heavy atom. The van der Waals surface area contributed by atoms with Crippen molar-refractivity contribution < 1.29 is 17.9 Å². The van der Waals surface area contributed by atoms with E-state index < -0.39 is 9.84 Å². The number of methoxy groups -OCH3 is 1. The molecule has 0 saturated carbocycles. The van der Waals surface area contributed by atoms with Gasteiger partial charge in [0, 0.05) is 6.26 Å². The van der Waals surface area contributed by atoms with Crippen molar-refractivity contribution in [3.8, 4) is 5.75 Å². The fourth-order valence-electron chi connectivity index (χ4n) is 3.63. The number of anilines is 1. The van der Waals surface area contributed by atoms with Crippen molar-refractivity contribution in [2.24, 2.45) is 0 Å². The Balaban J connectivity index is 0.00000149. The molecule has 0 spiro atoms. The molecular formula is C26H26ClNO4S. The van der Waals surface area contributed by atoms with Crippen molar-refractivity contribution in [1.82, 2.24) is 0 Å². The minimum absolute atomic E-state index is 0.166. The van der Waals surface area contributed by atoms with E-state index in [-0.39, 0.29) is 10.8 Å². The van der Waals surface area contributed by atoms with Crippen LogP contribution in [-0.4, -0.2) is 34.2 Å². The summed E-state index contributed by atoms with van der Waals surface area (Å²) in [7, 11) is -1.73. The van der Waals surface area contributed by atoms with E-state index in [0.29, 0.717) is 28.6 Å². The van der Waals surface area contributed by atoms with E-state index in [1.807, 2.05) is 44.2 Å². The summed E-state index contributed by atoms with van der Waals surface area (Å²) in [6.45, 7) is 4.32. The molecule has 0 saturated heterocycles. The first-order valence-corrected chi connectivity index (χ1v) is 12.8. The maximum absolute atomic E-state index is 13.5. The summed E-state index contributed by atoms with van der Waals surface area (Å²) in [5.74, 6) is 0.525. The van der Waals surface area contributed by atoms with Gasteiger partial charge in [-0.25, -0.2) is 8.42 Å². The summed E-state index contributed by atoms with van der Waals surface area (Å²) < 4.78 is 28.9. The standard InChI is InChI=1S/C24H20ClNO4S.C2H6/c1-30-18-11-7-17(8-12-18)23-20(16-9-13-19(14-10-16)31(2,28)29)15-26(24(23)27)22-6-4-3-5-21(22)25;1-2/h3-14H,15H2,1-2H3;1-2H3. The van der Waals surface area contributed by atoms with Gasteiger partial charge in [0.2, 0.25) is 0 Å². The zero-order valence-electron chi connectivity index (χ0n) is 19.0. The Hall–Kier alpha value is -3.09. The number of sulfone groups is 1. The van der Waals surface area contributed by atoms with Crippen molar-refractivity contribution in [3.05, 3.63) is 88.9 Å². The van der Waals surface area contributed by atoms with E-state index in [0.717, 1.165) is 16.7 Å². The molecule has 0 aliphatic carbocycles. The second-order valence-electron chi connectivity index (χ2n) is 7.22. The normalized spacial score (nSPS) is 13.6. The molecule has 7 heteroatoms. The Labute approximate surface area is 200 Å². The van der Waals surface area contributed by atoms with Crippen LogP contribution >= 0.6 is 11.6 Å². The van der Waals surface area contributed by atoms with Crippen LogP contribution < -0.4 is 9.64 Å². The predicted molar refractivity (Wildman–Crippen MR) is 135 cm³/mol. The molecule has 33 heavy (non-hydrogen) atoms. The molecule has 0 radical (unpaired) electrons. The minimum atomic E-state index is -3.31. The summed E-state index contributed by atoms with van der Waals surface area (Å²) >= 11 is 6.37. The van der Waals surface area contributed by atoms with Crippen molar-refractivity contribution >= 4 is 44.2 Å². The molecule has 0 fully saturated rings. The van der Waals surface area contributed by atoms with Gasteiger partial charge in [-0.15, -0.1) is 0 Å². The number of benzene rings is 3. The van der Waals surface area contributed by atoms with E-state index in [2.05, 4.69) is 0 Å². The maximum Gasteiger partial charge on any atom is 0.259 e. The summed E-state index contributed by atoms with van der Waals surface area (Å²) in [6, 6.07) is 21.1. The Kier molecular flexibility index (Phi) is 7.61. The molecule has 1 amide bonds. The van der Waals surface area contributed by atoms with Crippen LogP contribution in [0.5, 0.6) is 5.75 Å². The summed E-state index contributed by atoms with van der Waals surface area (Å²) in [4.78, 5) is 15.4. The van der Waals surface area contributed by atoms with Crippen molar-refractivity contribution in [1.29, 1.82) is 0 Å². The monoisotopic (exact) mass is 483 g/mol. The Bertz CT molecular complexity index is 1280. The number of nitrogens with zero attached hydrogens (tertiary/aromatic N) is 1. The fourth-order valence-corrected chi connectivity index (χ4v) is 4.50. The lowest BCUT2D eigenvalue weighted by molar-refractivity contribution is -0.112. The van der Waals surface area contributed by atoms with Crippen LogP contribution in [0, 0.1) is 0 Å². The zero-order chi connectivity index (χ0) is 24.2. The highest BCUT2D eigenvalue weighted by atomic mass is 35.5. The molecule has 1 heterocycles. The first-order valence-electron chi connectivity index (χ1n) is 10.5. The third-order valence-corrected chi connectivity index (χ3v) is 6.68. The van der Waals surface area contributed by atoms with E-state index in [9.17, 15) is 13.2 Å². The molecule has 4 rings (SSSR count). The smallest absolute Gasteiger partial charge is 0.259 e. The Morgan fingerprint density at radius 1 is 0.879 bits per heavy atom. The second-order valence-corrected chi connectivity index (χ2v) is 9.64. The van der Waals surface area contributed by atoms with Crippen LogP contribution in [0.25, 0.3) is 11.1 Å². The van der Waals surface area contributed by atoms with Crippen molar-refractivity contribution in [2.75, 3.05) is 24.8 Å². The van der Waals surface area contributed by atoms with Gasteiger partial charge in [0.05, 0.1) is 34.8 Å². The number of carbonyl (C=O) groups excluding carboxylic acids is 1. The van der Waals surface area contributed by atoms with Crippen molar-refractivity contribution in [2.45, 2.75) is 18.7 Å². The van der Waals surface area contributed by atoms with Gasteiger partial charge in [-0.3, -0.25) is 4.79 Å². The number of hydrogen-bond acceptors (Lipinski definition) is 4. The topological polar surface area (TPSA) is 63.7 Å². The number of hydrogen-bond donors (Lipinski definition) is 0. The van der Waals surface area contributed by atoms with Crippen LogP contribution in [0.3, 0.4) is 0 Å². The largest absolute Gasteiger partial charge is 0.497 e. The minimum Gasteiger partial charge on any atom is -0.497 e. The van der Waals surface area contributed by atoms with Crippen molar-refractivity contribution in [3.63, 3.8) is 0 Å². The molecule has 0 N–H and O–H groups in total. The molecule has 3 aromatic carbocycles. The molecule has 5 nitrogen and oxygen atoms in total. The molecule has 0 aromatic heterocycles. The number of halogens is 1. The summed E-state index contributed by atoms with van der Waals surface area (Å²) in [6.07, 6.45) is 1.17. The quantitative estimate of drug-likeness (QED) is 0.464. The number of carbonyl (C=O) groups is 1. The summed E-state index contributed by atoms with van der Waals surface area (Å²) in [5, 5.41) is 0.485. The van der Waals surface area contributed by atoms with Gasteiger partial charge in [0.25, 0.3) is 5.91 Å². The first kappa shape index (κ1) is 24.6. The predicted octanol–water partition coefficient (Wildman–Crippen LogP) is 5.74. The van der Waals surface area contributed by atoms with Gasteiger partial charge in [-0.05, 0) is 53.1 Å². The van der Waals surface area contributed by atoms with E-state index >= 15 is 0 Å². The lowest BCUT2D eigenvalue weighted by Gasteiger charge is -2.18. The molecule has 0 unspecified atom stereocenters. The lowest BCUT2D eigenvalue weighted by atomic mass is 9.97. The van der Waals surface area contributed by atoms with Crippen LogP contribution in [0.15, 0.2) is 77.7 Å². The van der Waals surface area contributed by atoms with Gasteiger partial charge >= 0.3 is 0 Å². The van der Waals surface area contributed by atoms with E-state index in [4.69, 9.17) is 16.3 Å². The molecule has 0 atom stereocenters. The molecule has 1 aliphatic heterocycles. The molecule has 172 valence electrons. The second kappa shape index (κ2) is 10.2. The van der Waals surface area contributed by atoms with Crippen LogP contribution in [0.2, 0.25) is 5.02 Å². The number of para-hydroxylation sites is 1. The highest BCUT2D eigenvalue weighted by Gasteiger charge is 2.33. The van der Waals surface area contributed by atoms with E-state index in [1.54, 1.807) is 54.5 Å². The third kappa shape index (κ3) is 5.13. The van der Waals surface area contributed by atoms with Gasteiger partial charge in [-0.1, -0.05) is 61.8 Å². The highest BCUT2D eigenvalue weighted by Crippen LogP contribution is 2.39. The van der Waals surface area contributed by atoms with Gasteiger partial charge in [-0.2, -0.15) is 0 Å². The maximum atomic E-state index is 13.5. The zero-order valence-corrected chi connectivity index (χ0v) is 20.6. The van der Waals surface area contributed by atoms with E-state index in [1.165, 1.54) is 6.26 Å². The van der Waals surface area contributed by atoms with Crippen LogP contribution in [0.1, 0.15) is 25.0 Å². The lowest BCUT2D eigenvalue weighted by Crippen LogP contribution is -2.26. The highest BCUT2D eigenvalue weighted by molar-refractivity contribution is 7.90. The SMILES string of the molecule is CC.COc1ccc(C2=C(c3ccc(S(C)(=O)=O)cc3)CN(c3ccccc3Cl)C2=O)cc1. The number of amides is 1. The van der Waals surface area contributed by atoms with Gasteiger partial charge < -0.3 is 9.64 Å². The van der Waals surface area contributed by atoms with Gasteiger partial charge in [0.15, 0.2) is 9.84 Å². The van der Waals surface area contributed by atoms with Crippen LogP contribution in [0.4, 0.5) is 5.69 Å². The average Bonchev–Trinajstić information content (AvgIpc) is 3.17. The van der Waals surface area contributed by atoms with Crippen LogP contribution in [-0.2, 0) is 14.6 Å². The molecule has 0 bridgehead atoms. The molecule has 3 aromatic rings. The summed E-state index contributed by atoms with van der Waals surface area (Å²) in [5.41, 5.74) is 3.51. The molecular weight excluding hydrogens is 458 g/mol.